The summed E-state index contributed by atoms with van der Waals surface area (Å²) in [6, 6.07) is 0. The van der Waals surface area contributed by atoms with Crippen LogP contribution in [-0.4, -0.2) is 30.1 Å². The molecule has 0 aromatic heterocycles. The minimum Gasteiger partial charge on any atom is -0.288 e. The van der Waals surface area contributed by atoms with Crippen molar-refractivity contribution in [3.05, 3.63) is 0 Å². The highest BCUT2D eigenvalue weighted by Gasteiger charge is 2.18. The van der Waals surface area contributed by atoms with Crippen molar-refractivity contribution in [1.82, 2.24) is 4.67 Å². The maximum atomic E-state index is 2.38. The molecule has 0 amide bonds. The molecule has 0 atom stereocenters. The molecule has 0 fully saturated rings. The van der Waals surface area contributed by atoms with Gasteiger partial charge in [-0.15, -0.1) is 0 Å². The number of hydrogen-bond acceptors (Lipinski definition) is 1. The normalized spacial score (nSPS) is 12.6. The van der Waals surface area contributed by atoms with Crippen LogP contribution in [0.4, 0.5) is 0 Å². The summed E-state index contributed by atoms with van der Waals surface area (Å²) >= 11 is 0. The lowest BCUT2D eigenvalue weighted by Gasteiger charge is -2.31. The lowest BCUT2D eigenvalue weighted by Crippen LogP contribution is -2.17. The Morgan fingerprint density at radius 1 is 0.900 bits per heavy atom. The topological polar surface area (TPSA) is 3.24 Å². The summed E-state index contributed by atoms with van der Waals surface area (Å²) in [5.41, 5.74) is 1.65. The van der Waals surface area contributed by atoms with Crippen LogP contribution in [0, 0.1) is 0 Å². The maximum absolute atomic E-state index is 2.38. The monoisotopic (exact) mass is 161 g/mol. The maximum Gasteiger partial charge on any atom is -0.00970 e. The van der Waals surface area contributed by atoms with Gasteiger partial charge >= 0.3 is 0 Å². The molecule has 2 heteroatoms. The second-order valence-electron chi connectivity index (χ2n) is 3.41. The van der Waals surface area contributed by atoms with Crippen molar-refractivity contribution in [2.24, 2.45) is 0 Å². The Labute approximate surface area is 66.6 Å². The van der Waals surface area contributed by atoms with Crippen LogP contribution in [0.2, 0.25) is 0 Å². The quantitative estimate of drug-likeness (QED) is 0.575. The Morgan fingerprint density at radius 2 is 1.20 bits per heavy atom. The van der Waals surface area contributed by atoms with Crippen molar-refractivity contribution in [2.45, 2.75) is 39.0 Å². The van der Waals surface area contributed by atoms with E-state index in [2.05, 4.69) is 46.5 Å². The van der Waals surface area contributed by atoms with Gasteiger partial charge in [0.2, 0.25) is 0 Å². The van der Waals surface area contributed by atoms with E-state index in [1.165, 1.54) is 0 Å². The molecule has 0 spiro atoms. The van der Waals surface area contributed by atoms with Crippen molar-refractivity contribution in [1.29, 1.82) is 0 Å². The van der Waals surface area contributed by atoms with Gasteiger partial charge in [-0.05, 0) is 33.5 Å². The molecule has 0 saturated carbocycles. The van der Waals surface area contributed by atoms with Crippen LogP contribution in [0.5, 0.6) is 0 Å². The van der Waals surface area contributed by atoms with Crippen LogP contribution in [0.25, 0.3) is 0 Å². The van der Waals surface area contributed by atoms with Crippen LogP contribution in [-0.2, 0) is 0 Å². The first-order valence-corrected chi connectivity index (χ1v) is 5.35. The summed E-state index contributed by atoms with van der Waals surface area (Å²) in [6.45, 7) is 9.24. The summed E-state index contributed by atoms with van der Waals surface area (Å²) < 4.78 is 2.38. The fraction of sp³-hybridized carbons (Fsp3) is 1.00. The van der Waals surface area contributed by atoms with E-state index in [-0.39, 0.29) is 8.07 Å². The van der Waals surface area contributed by atoms with Crippen molar-refractivity contribution < 1.29 is 0 Å². The molecular weight excluding hydrogens is 141 g/mol. The van der Waals surface area contributed by atoms with E-state index in [1.807, 2.05) is 0 Å². The van der Waals surface area contributed by atoms with Gasteiger partial charge in [-0.1, -0.05) is 27.7 Å². The van der Waals surface area contributed by atoms with Gasteiger partial charge in [0, 0.05) is 0 Å². The minimum absolute atomic E-state index is 0.0957. The first-order valence-electron chi connectivity index (χ1n) is 3.92. The molecule has 0 unspecified atom stereocenters. The Bertz CT molecular complexity index is 70.2. The van der Waals surface area contributed by atoms with Gasteiger partial charge in [0.1, 0.15) is 0 Å². The van der Waals surface area contributed by atoms with E-state index < -0.39 is 0 Å². The fourth-order valence-corrected chi connectivity index (χ4v) is 4.56. The molecule has 0 heterocycles. The van der Waals surface area contributed by atoms with Crippen molar-refractivity contribution in [2.75, 3.05) is 14.1 Å². The fourth-order valence-electron chi connectivity index (χ4n) is 1.52. The predicted octanol–water partition coefficient (Wildman–Crippen LogP) is 2.76. The summed E-state index contributed by atoms with van der Waals surface area (Å²) in [5.74, 6) is 0. The highest BCUT2D eigenvalue weighted by atomic mass is 31.1. The van der Waals surface area contributed by atoms with Gasteiger partial charge < -0.3 is 0 Å². The molecule has 0 rings (SSSR count). The third kappa shape index (κ3) is 2.98. The molecule has 0 aromatic rings. The summed E-state index contributed by atoms with van der Waals surface area (Å²) in [5, 5.41) is 0. The van der Waals surface area contributed by atoms with E-state index >= 15 is 0 Å². The van der Waals surface area contributed by atoms with Gasteiger partial charge in [0.05, 0.1) is 0 Å². The molecule has 0 aliphatic carbocycles. The Hall–Kier alpha value is 0.390. The molecule has 1 nitrogen and oxygen atoms in total. The van der Waals surface area contributed by atoms with Crippen molar-refractivity contribution >= 4 is 8.07 Å². The largest absolute Gasteiger partial charge is 0.288 e. The number of rotatable bonds is 3. The molecule has 0 saturated heterocycles. The third-order valence-electron chi connectivity index (χ3n) is 1.52. The van der Waals surface area contributed by atoms with Gasteiger partial charge in [0.15, 0.2) is 0 Å². The standard InChI is InChI=1S/C8H20NP/c1-7(2)10(8(3)4)9(5)6/h7-8H,1-6H3. The molecular formula is C8H20NP. The SMILES string of the molecule is CC(C)P(C(C)C)N(C)C. The van der Waals surface area contributed by atoms with E-state index in [4.69, 9.17) is 0 Å². The molecule has 0 bridgehead atoms. The van der Waals surface area contributed by atoms with Crippen LogP contribution in [0.15, 0.2) is 0 Å². The lowest BCUT2D eigenvalue weighted by molar-refractivity contribution is 0.653. The highest BCUT2D eigenvalue weighted by Crippen LogP contribution is 2.47. The Morgan fingerprint density at radius 3 is 1.20 bits per heavy atom. The summed E-state index contributed by atoms with van der Waals surface area (Å²) in [7, 11) is 4.47. The van der Waals surface area contributed by atoms with E-state index in [1.54, 1.807) is 0 Å². The second kappa shape index (κ2) is 4.31. The zero-order chi connectivity index (χ0) is 8.31. The zero-order valence-corrected chi connectivity index (χ0v) is 8.94. The van der Waals surface area contributed by atoms with Crippen molar-refractivity contribution in [3.8, 4) is 0 Å². The van der Waals surface area contributed by atoms with Crippen LogP contribution in [0.1, 0.15) is 27.7 Å². The van der Waals surface area contributed by atoms with Gasteiger partial charge in [-0.25, -0.2) is 0 Å². The lowest BCUT2D eigenvalue weighted by atomic mass is 10.5. The van der Waals surface area contributed by atoms with Crippen LogP contribution < -0.4 is 0 Å². The Kier molecular flexibility index (Phi) is 4.47. The van der Waals surface area contributed by atoms with Gasteiger partial charge in [-0.3, -0.25) is 4.67 Å². The number of hydrogen-bond donors (Lipinski definition) is 0. The highest BCUT2D eigenvalue weighted by molar-refractivity contribution is 7.56. The zero-order valence-electron chi connectivity index (χ0n) is 8.05. The van der Waals surface area contributed by atoms with Crippen LogP contribution in [0.3, 0.4) is 0 Å². The molecule has 0 aliphatic rings. The van der Waals surface area contributed by atoms with Crippen LogP contribution >= 0.6 is 8.07 Å². The summed E-state index contributed by atoms with van der Waals surface area (Å²) in [6.07, 6.45) is 0. The molecule has 62 valence electrons. The first kappa shape index (κ1) is 10.4. The molecule has 0 N–H and O–H groups in total. The number of nitrogens with zero attached hydrogens (tertiary/aromatic N) is 1. The second-order valence-corrected chi connectivity index (χ2v) is 7.04. The molecule has 0 aromatic carbocycles. The Balaban J connectivity index is 3.98. The minimum atomic E-state index is 0.0957. The average Bonchev–Trinajstić information content (AvgIpc) is 1.59. The van der Waals surface area contributed by atoms with Gasteiger partial charge in [0.25, 0.3) is 0 Å². The predicted molar refractivity (Wildman–Crippen MR) is 50.9 cm³/mol. The summed E-state index contributed by atoms with van der Waals surface area (Å²) in [4.78, 5) is 0. The van der Waals surface area contributed by atoms with Gasteiger partial charge in [-0.2, -0.15) is 0 Å². The first-order chi connectivity index (χ1) is 4.46. The molecule has 0 radical (unpaired) electrons. The smallest absolute Gasteiger partial charge is 0.00970 e. The van der Waals surface area contributed by atoms with E-state index in [9.17, 15) is 0 Å². The molecule has 0 aliphatic heterocycles. The van der Waals surface area contributed by atoms with Crippen molar-refractivity contribution in [3.63, 3.8) is 0 Å². The van der Waals surface area contributed by atoms with E-state index in [0.717, 1.165) is 11.3 Å². The van der Waals surface area contributed by atoms with E-state index in [0.29, 0.717) is 0 Å². The third-order valence-corrected chi connectivity index (χ3v) is 4.56. The molecule has 10 heavy (non-hydrogen) atoms. The average molecular weight is 161 g/mol.